The second-order valence-corrected chi connectivity index (χ2v) is 5.99. The molecule has 18 heavy (non-hydrogen) atoms. The highest BCUT2D eigenvalue weighted by Gasteiger charge is 2.42. The summed E-state index contributed by atoms with van der Waals surface area (Å²) in [7, 11) is -3.14. The van der Waals surface area contributed by atoms with Gasteiger partial charge in [-0.05, 0) is 0 Å². The zero-order valence-corrected chi connectivity index (χ0v) is 9.88. The number of ether oxygens (including phenoxy) is 1. The summed E-state index contributed by atoms with van der Waals surface area (Å²) in [6.45, 7) is -0.493. The summed E-state index contributed by atoms with van der Waals surface area (Å²) >= 11 is 0. The van der Waals surface area contributed by atoms with E-state index >= 15 is 0 Å². The minimum Gasteiger partial charge on any atom is -0.385 e. The molecule has 1 fully saturated rings. The number of alkyl halides is 3. The maximum Gasteiger partial charge on any atom is 0.491 e. The van der Waals surface area contributed by atoms with Crippen LogP contribution < -0.4 is 0 Å². The predicted octanol–water partition coefficient (Wildman–Crippen LogP) is -0.651. The lowest BCUT2D eigenvalue weighted by atomic mass is 10.4. The molecule has 10 heteroatoms. The Morgan fingerprint density at radius 2 is 1.67 bits per heavy atom. The van der Waals surface area contributed by atoms with E-state index in [1.807, 2.05) is 0 Å². The van der Waals surface area contributed by atoms with E-state index in [2.05, 4.69) is 4.74 Å². The first kappa shape index (κ1) is 14.9. The number of carbonyl (C=O) groups is 2. The van der Waals surface area contributed by atoms with E-state index in [4.69, 9.17) is 0 Å². The van der Waals surface area contributed by atoms with Crippen LogP contribution in [0.3, 0.4) is 0 Å². The molecule has 0 radical (unpaired) electrons. The molecule has 1 aliphatic heterocycles. The molecule has 0 unspecified atom stereocenters. The highest BCUT2D eigenvalue weighted by molar-refractivity contribution is 7.91. The monoisotopic (exact) mass is 289 g/mol. The van der Waals surface area contributed by atoms with Gasteiger partial charge in [0.15, 0.2) is 9.84 Å². The quantitative estimate of drug-likeness (QED) is 0.496. The number of rotatable bonds is 2. The van der Waals surface area contributed by atoms with Crippen molar-refractivity contribution in [2.75, 3.05) is 31.1 Å². The second kappa shape index (κ2) is 5.22. The maximum atomic E-state index is 11.8. The molecule has 0 bridgehead atoms. The third-order valence-corrected chi connectivity index (χ3v) is 3.84. The number of nitrogens with zero attached hydrogens (tertiary/aromatic N) is 1. The molecule has 0 N–H and O–H groups in total. The van der Waals surface area contributed by atoms with Crippen molar-refractivity contribution in [3.8, 4) is 0 Å². The molecule has 0 amide bonds. The number of hydrogen-bond acceptors (Lipinski definition) is 6. The number of esters is 2. The zero-order valence-electron chi connectivity index (χ0n) is 9.07. The van der Waals surface area contributed by atoms with E-state index in [0.29, 0.717) is 0 Å². The van der Waals surface area contributed by atoms with Crippen LogP contribution in [0.5, 0.6) is 0 Å². The fourth-order valence-corrected chi connectivity index (χ4v) is 2.56. The summed E-state index contributed by atoms with van der Waals surface area (Å²) in [6.07, 6.45) is -5.22. The molecule has 0 aliphatic carbocycles. The van der Waals surface area contributed by atoms with Crippen molar-refractivity contribution in [3.63, 3.8) is 0 Å². The summed E-state index contributed by atoms with van der Waals surface area (Å²) in [5.74, 6) is -4.27. The lowest BCUT2D eigenvalue weighted by molar-refractivity contribution is -0.202. The topological polar surface area (TPSA) is 80.8 Å². The van der Waals surface area contributed by atoms with Gasteiger partial charge in [0.2, 0.25) is 0 Å². The summed E-state index contributed by atoms with van der Waals surface area (Å²) in [6, 6.07) is 0. The van der Waals surface area contributed by atoms with Crippen molar-refractivity contribution < 1.29 is 35.9 Å². The standard InChI is InChI=1S/C8H10F3NO5S/c9-8(10,11)7(14)17-6(13)5-12-1-3-18(15,16)4-2-12/h1-5H2. The van der Waals surface area contributed by atoms with Gasteiger partial charge < -0.3 is 4.74 Å². The zero-order chi connectivity index (χ0) is 14.0. The fraction of sp³-hybridized carbons (Fsp3) is 0.750. The summed E-state index contributed by atoms with van der Waals surface area (Å²) in [5, 5.41) is 0. The lowest BCUT2D eigenvalue weighted by Gasteiger charge is -2.25. The van der Waals surface area contributed by atoms with E-state index in [-0.39, 0.29) is 24.6 Å². The average Bonchev–Trinajstić information content (AvgIpc) is 2.19. The Balaban J connectivity index is 2.41. The van der Waals surface area contributed by atoms with Gasteiger partial charge in [0.05, 0.1) is 18.1 Å². The summed E-state index contributed by atoms with van der Waals surface area (Å²) in [4.78, 5) is 22.6. The van der Waals surface area contributed by atoms with Crippen LogP contribution in [0.25, 0.3) is 0 Å². The van der Waals surface area contributed by atoms with Crippen LogP contribution in [0.15, 0.2) is 0 Å². The molecule has 0 atom stereocenters. The fourth-order valence-electron chi connectivity index (χ4n) is 1.28. The van der Waals surface area contributed by atoms with Gasteiger partial charge in [0, 0.05) is 13.1 Å². The van der Waals surface area contributed by atoms with Gasteiger partial charge in [-0.3, -0.25) is 9.69 Å². The van der Waals surface area contributed by atoms with Crippen LogP contribution in [-0.4, -0.2) is 62.6 Å². The van der Waals surface area contributed by atoms with Crippen molar-refractivity contribution in [1.82, 2.24) is 4.90 Å². The molecule has 0 saturated carbocycles. The van der Waals surface area contributed by atoms with Crippen molar-refractivity contribution in [3.05, 3.63) is 0 Å². The molecule has 0 aromatic heterocycles. The van der Waals surface area contributed by atoms with Crippen molar-refractivity contribution in [2.45, 2.75) is 6.18 Å². The number of hydrogen-bond donors (Lipinski definition) is 0. The third-order valence-electron chi connectivity index (χ3n) is 2.23. The highest BCUT2D eigenvalue weighted by atomic mass is 32.2. The molecule has 1 heterocycles. The summed E-state index contributed by atoms with van der Waals surface area (Å²) < 4.78 is 61.0. The normalized spacial score (nSPS) is 20.4. The molecule has 0 aromatic carbocycles. The molecule has 1 aliphatic rings. The third kappa shape index (κ3) is 4.61. The Labute approximate surface area is 101 Å². The molecule has 6 nitrogen and oxygen atoms in total. The van der Waals surface area contributed by atoms with Gasteiger partial charge in [0.25, 0.3) is 0 Å². The second-order valence-electron chi connectivity index (χ2n) is 3.69. The highest BCUT2D eigenvalue weighted by Crippen LogP contribution is 2.16. The van der Waals surface area contributed by atoms with Crippen LogP contribution in [0.2, 0.25) is 0 Å². The van der Waals surface area contributed by atoms with Crippen molar-refractivity contribution in [2.24, 2.45) is 0 Å². The van der Waals surface area contributed by atoms with E-state index in [1.165, 1.54) is 4.90 Å². The van der Waals surface area contributed by atoms with E-state index < -0.39 is 34.5 Å². The van der Waals surface area contributed by atoms with Crippen molar-refractivity contribution in [1.29, 1.82) is 0 Å². The van der Waals surface area contributed by atoms with Crippen LogP contribution in [0, 0.1) is 0 Å². The van der Waals surface area contributed by atoms with Gasteiger partial charge in [-0.25, -0.2) is 13.2 Å². The molecular weight excluding hydrogens is 279 g/mol. The largest absolute Gasteiger partial charge is 0.491 e. The number of sulfone groups is 1. The van der Waals surface area contributed by atoms with Crippen LogP contribution >= 0.6 is 0 Å². The maximum absolute atomic E-state index is 11.8. The van der Waals surface area contributed by atoms with E-state index in [0.717, 1.165) is 0 Å². The Morgan fingerprint density at radius 1 is 1.17 bits per heavy atom. The van der Waals surface area contributed by atoms with Gasteiger partial charge in [-0.2, -0.15) is 13.2 Å². The first-order chi connectivity index (χ1) is 8.10. The smallest absolute Gasteiger partial charge is 0.385 e. The Bertz CT molecular complexity index is 430. The Hall–Kier alpha value is -1.16. The molecular formula is C8H10F3NO5S. The molecule has 0 spiro atoms. The molecule has 1 saturated heterocycles. The van der Waals surface area contributed by atoms with Gasteiger partial charge in [0.1, 0.15) is 0 Å². The minimum atomic E-state index is -5.22. The van der Waals surface area contributed by atoms with Gasteiger partial charge >= 0.3 is 18.1 Å². The van der Waals surface area contributed by atoms with Crippen LogP contribution in [0.1, 0.15) is 0 Å². The van der Waals surface area contributed by atoms with Gasteiger partial charge in [-0.1, -0.05) is 0 Å². The van der Waals surface area contributed by atoms with Crippen LogP contribution in [-0.2, 0) is 24.2 Å². The van der Waals surface area contributed by atoms with Crippen LogP contribution in [0.4, 0.5) is 13.2 Å². The average molecular weight is 289 g/mol. The molecule has 0 aromatic rings. The lowest BCUT2D eigenvalue weighted by Crippen LogP contribution is -2.44. The van der Waals surface area contributed by atoms with Gasteiger partial charge in [-0.15, -0.1) is 0 Å². The first-order valence-corrected chi connectivity index (χ1v) is 6.67. The Morgan fingerprint density at radius 3 is 2.11 bits per heavy atom. The molecule has 1 rings (SSSR count). The number of carbonyl (C=O) groups excluding carboxylic acids is 2. The first-order valence-electron chi connectivity index (χ1n) is 4.85. The van der Waals surface area contributed by atoms with Crippen molar-refractivity contribution >= 4 is 21.8 Å². The predicted molar refractivity (Wildman–Crippen MR) is 52.2 cm³/mol. The Kier molecular flexibility index (Phi) is 4.32. The van der Waals surface area contributed by atoms with E-state index in [1.54, 1.807) is 0 Å². The van der Waals surface area contributed by atoms with E-state index in [9.17, 15) is 31.2 Å². The minimum absolute atomic E-state index is 0.0254. The molecule has 104 valence electrons. The number of halogens is 3. The summed E-state index contributed by atoms with van der Waals surface area (Å²) in [5.41, 5.74) is 0. The SMILES string of the molecule is O=C(CN1CCS(=O)(=O)CC1)OC(=O)C(F)(F)F.